The first-order valence-corrected chi connectivity index (χ1v) is 18.5. The third kappa shape index (κ3) is 5.29. The van der Waals surface area contributed by atoms with Crippen LogP contribution < -0.4 is 30.9 Å². The minimum absolute atomic E-state index is 0.0402. The number of fused-ring (bicyclic) bond motifs is 7. The van der Waals surface area contributed by atoms with E-state index in [0.717, 1.165) is 35.0 Å². The molecule has 0 fully saturated rings. The lowest BCUT2D eigenvalue weighted by molar-refractivity contribution is 0.425. The fraction of sp³-hybridized carbons (Fsp3) is 0.0612. The van der Waals surface area contributed by atoms with Crippen LogP contribution in [-0.2, 0) is 6.42 Å². The van der Waals surface area contributed by atoms with Crippen molar-refractivity contribution in [2.45, 2.75) is 19.3 Å². The lowest BCUT2D eigenvalue weighted by Gasteiger charge is -2.44. The van der Waals surface area contributed by atoms with Gasteiger partial charge in [0.05, 0.1) is 0 Å². The number of hydrogen-bond acceptors (Lipinski definition) is 3. The maximum Gasteiger partial charge on any atom is 0.252 e. The first kappa shape index (κ1) is 31.2. The number of hydrogen-bond donors (Lipinski definition) is 0. The summed E-state index contributed by atoms with van der Waals surface area (Å²) in [6, 6.07) is 50.8. The van der Waals surface area contributed by atoms with Crippen LogP contribution in [0.5, 0.6) is 5.75 Å². The van der Waals surface area contributed by atoms with Crippen LogP contribution in [0.1, 0.15) is 24.0 Å². The normalized spacial score (nSPS) is 16.3. The highest BCUT2D eigenvalue weighted by molar-refractivity contribution is 7.00. The highest BCUT2D eigenvalue weighted by Gasteiger charge is 2.44. The number of ether oxygens (including phenoxy) is 1. The molecule has 0 aromatic heterocycles. The van der Waals surface area contributed by atoms with E-state index < -0.39 is 0 Å². The number of para-hydroxylation sites is 1. The topological polar surface area (TPSA) is 15.7 Å². The van der Waals surface area contributed by atoms with Crippen molar-refractivity contribution in [2.24, 2.45) is 0 Å². The summed E-state index contributed by atoms with van der Waals surface area (Å²) >= 11 is 0. The van der Waals surface area contributed by atoms with Crippen molar-refractivity contribution in [3.05, 3.63) is 211 Å². The molecule has 3 nitrogen and oxygen atoms in total. The van der Waals surface area contributed by atoms with Crippen LogP contribution in [0.25, 0.3) is 11.1 Å². The van der Waals surface area contributed by atoms with Gasteiger partial charge >= 0.3 is 0 Å². The molecule has 4 heteroatoms. The summed E-state index contributed by atoms with van der Waals surface area (Å²) in [5.41, 5.74) is 15.8. The third-order valence-electron chi connectivity index (χ3n) is 10.9. The fourth-order valence-electron chi connectivity index (χ4n) is 8.51. The Bertz CT molecular complexity index is 2530. The first-order chi connectivity index (χ1) is 26.2. The molecule has 10 rings (SSSR count). The van der Waals surface area contributed by atoms with Gasteiger partial charge in [-0.15, -0.1) is 0 Å². The van der Waals surface area contributed by atoms with Crippen LogP contribution in [0.3, 0.4) is 0 Å². The molecule has 53 heavy (non-hydrogen) atoms. The van der Waals surface area contributed by atoms with Gasteiger partial charge in [0.2, 0.25) is 0 Å². The molecule has 6 aromatic rings. The van der Waals surface area contributed by atoms with Crippen LogP contribution in [0.4, 0.5) is 28.4 Å². The largest absolute Gasteiger partial charge is 0.457 e. The van der Waals surface area contributed by atoms with Gasteiger partial charge in [-0.1, -0.05) is 134 Å². The fourth-order valence-corrected chi connectivity index (χ4v) is 8.51. The average molecular weight is 681 g/mol. The monoisotopic (exact) mass is 680 g/mol. The molecule has 1 atom stereocenters. The number of anilines is 5. The van der Waals surface area contributed by atoms with Crippen LogP contribution in [0.15, 0.2) is 200 Å². The van der Waals surface area contributed by atoms with Crippen LogP contribution >= 0.6 is 0 Å². The van der Waals surface area contributed by atoms with E-state index in [0.29, 0.717) is 0 Å². The number of allylic oxidation sites excluding steroid dienone is 8. The van der Waals surface area contributed by atoms with Crippen molar-refractivity contribution < 1.29 is 4.74 Å². The Morgan fingerprint density at radius 1 is 0.698 bits per heavy atom. The SMILES string of the molecule is C/C=C(\C=C/Cc1ccccc1)N1c2cc3c(cc2B2c4ccccc4N(c4ccc(-c5ccccc5)cc4)c4cccc1c42)C1C=CC=CC(=C1)O3. The molecular weight excluding hydrogens is 643 g/mol. The number of nitrogens with zero attached hydrogens (tertiary/aromatic N) is 2. The zero-order valence-corrected chi connectivity index (χ0v) is 29.6. The summed E-state index contributed by atoms with van der Waals surface area (Å²) in [4.78, 5) is 4.91. The molecular formula is C49H37BN2O. The van der Waals surface area contributed by atoms with Gasteiger partial charge in [-0.2, -0.15) is 0 Å². The quantitative estimate of drug-likeness (QED) is 0.128. The molecule has 0 saturated carbocycles. The van der Waals surface area contributed by atoms with Gasteiger partial charge in [-0.25, -0.2) is 0 Å². The van der Waals surface area contributed by atoms with Crippen molar-refractivity contribution in [3.8, 4) is 16.9 Å². The molecule has 252 valence electrons. The minimum atomic E-state index is 0.0402. The molecule has 3 heterocycles. The highest BCUT2D eigenvalue weighted by Crippen LogP contribution is 2.46. The average Bonchev–Trinajstić information content (AvgIpc) is 3.41. The Balaban J connectivity index is 1.17. The smallest absolute Gasteiger partial charge is 0.252 e. The molecule has 6 aromatic carbocycles. The summed E-state index contributed by atoms with van der Waals surface area (Å²) < 4.78 is 6.59. The second-order valence-corrected chi connectivity index (χ2v) is 14.0. The molecule has 1 aliphatic carbocycles. The van der Waals surface area contributed by atoms with Crippen molar-refractivity contribution in [1.82, 2.24) is 0 Å². The number of benzene rings is 6. The highest BCUT2D eigenvalue weighted by atomic mass is 16.5. The third-order valence-corrected chi connectivity index (χ3v) is 10.9. The molecule has 0 radical (unpaired) electrons. The molecule has 0 spiro atoms. The molecule has 3 aliphatic heterocycles. The van der Waals surface area contributed by atoms with E-state index in [9.17, 15) is 0 Å². The molecule has 0 N–H and O–H groups in total. The van der Waals surface area contributed by atoms with Gasteiger partial charge in [0.15, 0.2) is 0 Å². The summed E-state index contributed by atoms with van der Waals surface area (Å²) in [6.45, 7) is 2.18. The van der Waals surface area contributed by atoms with Crippen LogP contribution in [0, 0.1) is 0 Å². The Morgan fingerprint density at radius 2 is 1.43 bits per heavy atom. The van der Waals surface area contributed by atoms with Gasteiger partial charge in [0.25, 0.3) is 6.71 Å². The van der Waals surface area contributed by atoms with Crippen molar-refractivity contribution in [2.75, 3.05) is 9.80 Å². The minimum Gasteiger partial charge on any atom is -0.457 e. The van der Waals surface area contributed by atoms with Gasteiger partial charge in [0.1, 0.15) is 11.5 Å². The van der Waals surface area contributed by atoms with E-state index in [1.54, 1.807) is 0 Å². The summed E-state index contributed by atoms with van der Waals surface area (Å²) in [5.74, 6) is 1.95. The molecule has 2 bridgehead atoms. The van der Waals surface area contributed by atoms with E-state index in [4.69, 9.17) is 4.74 Å². The lowest BCUT2D eigenvalue weighted by atomic mass is 9.33. The Labute approximate surface area is 311 Å². The summed E-state index contributed by atoms with van der Waals surface area (Å²) in [5, 5.41) is 0. The number of rotatable bonds is 6. The summed E-state index contributed by atoms with van der Waals surface area (Å²) in [6.07, 6.45) is 18.4. The van der Waals surface area contributed by atoms with E-state index >= 15 is 0 Å². The standard InChI is InChI=1S/C49H37BN2O/c1-2-38(21-13-17-34-15-5-3-6-16-34)51-45-25-14-26-46-49(45)50(43-32-41-37-20-9-10-22-40(31-37)53-48(41)33-47(43)51)42-23-11-12-24-44(42)52(46)39-29-27-36(28-30-39)35-18-7-4-8-19-35/h2-16,18-33,37H,17H2,1H3/b21-13-,38-2+. The zero-order chi connectivity index (χ0) is 35.3. The predicted molar refractivity (Wildman–Crippen MR) is 223 cm³/mol. The first-order valence-electron chi connectivity index (χ1n) is 18.5. The van der Waals surface area contributed by atoms with E-state index in [1.165, 1.54) is 55.7 Å². The van der Waals surface area contributed by atoms with E-state index in [1.807, 2.05) is 0 Å². The van der Waals surface area contributed by atoms with Gasteiger partial charge < -0.3 is 14.5 Å². The van der Waals surface area contributed by atoms with Crippen LogP contribution in [-0.4, -0.2) is 6.71 Å². The second-order valence-electron chi connectivity index (χ2n) is 14.0. The lowest BCUT2D eigenvalue weighted by Crippen LogP contribution is -2.61. The molecule has 1 unspecified atom stereocenters. The zero-order valence-electron chi connectivity index (χ0n) is 29.6. The maximum absolute atomic E-state index is 6.59. The van der Waals surface area contributed by atoms with E-state index in [-0.39, 0.29) is 12.6 Å². The van der Waals surface area contributed by atoms with Crippen molar-refractivity contribution in [1.29, 1.82) is 0 Å². The van der Waals surface area contributed by atoms with Gasteiger partial charge in [-0.3, -0.25) is 0 Å². The van der Waals surface area contributed by atoms with Crippen molar-refractivity contribution >= 4 is 51.5 Å². The summed E-state index contributed by atoms with van der Waals surface area (Å²) in [7, 11) is 0. The van der Waals surface area contributed by atoms with Crippen LogP contribution in [0.2, 0.25) is 0 Å². The van der Waals surface area contributed by atoms with Crippen molar-refractivity contribution in [3.63, 3.8) is 0 Å². The molecule has 0 saturated heterocycles. The molecule has 0 amide bonds. The van der Waals surface area contributed by atoms with Gasteiger partial charge in [0, 0.05) is 51.7 Å². The Hall–Kier alpha value is -6.52. The molecule has 4 aliphatic rings. The van der Waals surface area contributed by atoms with E-state index in [2.05, 4.69) is 205 Å². The van der Waals surface area contributed by atoms with Gasteiger partial charge in [-0.05, 0) is 95.0 Å². The second kappa shape index (κ2) is 12.9. The Morgan fingerprint density at radius 3 is 2.26 bits per heavy atom. The Kier molecular flexibility index (Phi) is 7.61. The predicted octanol–water partition coefficient (Wildman–Crippen LogP) is 10.3. The maximum atomic E-state index is 6.59.